The minimum atomic E-state index is -5.05. The lowest BCUT2D eigenvalue weighted by atomic mass is 9.90. The molecule has 1 aromatic carbocycles. The number of benzene rings is 1. The Morgan fingerprint density at radius 2 is 2.09 bits per heavy atom. The number of fused-ring (bicyclic) bond motifs is 1. The van der Waals surface area contributed by atoms with Crippen LogP contribution in [0.2, 0.25) is 0 Å². The zero-order chi connectivity index (χ0) is 17.4. The third-order valence-corrected chi connectivity index (χ3v) is 3.64. The number of esters is 1. The van der Waals surface area contributed by atoms with E-state index in [2.05, 4.69) is 11.8 Å². The molecule has 1 aliphatic heterocycles. The molecule has 2 rings (SSSR count). The number of amides is 1. The van der Waals surface area contributed by atoms with E-state index >= 15 is 0 Å². The van der Waals surface area contributed by atoms with Crippen LogP contribution in [-0.4, -0.2) is 18.1 Å². The summed E-state index contributed by atoms with van der Waals surface area (Å²) in [5, 5.41) is 1.76. The zero-order valence-corrected chi connectivity index (χ0v) is 12.7. The van der Waals surface area contributed by atoms with Crippen molar-refractivity contribution in [3.63, 3.8) is 0 Å². The van der Waals surface area contributed by atoms with E-state index in [4.69, 9.17) is 4.74 Å². The Balaban J connectivity index is 2.58. The van der Waals surface area contributed by atoms with Crippen LogP contribution in [0.15, 0.2) is 6.07 Å². The first-order valence-electron chi connectivity index (χ1n) is 6.80. The van der Waals surface area contributed by atoms with Gasteiger partial charge in [-0.2, -0.15) is 13.2 Å². The second kappa shape index (κ2) is 5.95. The maximum absolute atomic E-state index is 12.5. The normalized spacial score (nSPS) is 14.4. The Bertz CT molecular complexity index is 742. The quantitative estimate of drug-likeness (QED) is 0.670. The number of rotatable bonds is 2. The molecule has 0 fully saturated rings. The fourth-order valence-corrected chi connectivity index (χ4v) is 2.52. The number of carbonyl (C=O) groups excluding carboxylic acids is 2. The summed E-state index contributed by atoms with van der Waals surface area (Å²) < 4.78 is 42.4. The van der Waals surface area contributed by atoms with Crippen molar-refractivity contribution in [2.75, 3.05) is 5.32 Å². The molecular formula is C16H14F3NO3. The van der Waals surface area contributed by atoms with E-state index in [1.807, 2.05) is 0 Å². The van der Waals surface area contributed by atoms with Crippen LogP contribution in [0.1, 0.15) is 46.8 Å². The van der Waals surface area contributed by atoms with Gasteiger partial charge in [-0.05, 0) is 38.0 Å². The van der Waals surface area contributed by atoms with Crippen LogP contribution in [0.4, 0.5) is 18.9 Å². The van der Waals surface area contributed by atoms with Gasteiger partial charge in [0, 0.05) is 11.5 Å². The van der Waals surface area contributed by atoms with Gasteiger partial charge in [-0.15, -0.1) is 5.92 Å². The third kappa shape index (κ3) is 3.16. The van der Waals surface area contributed by atoms with Gasteiger partial charge >= 0.3 is 18.1 Å². The zero-order valence-electron chi connectivity index (χ0n) is 12.7. The van der Waals surface area contributed by atoms with Crippen LogP contribution >= 0.6 is 0 Å². The third-order valence-electron chi connectivity index (χ3n) is 3.64. The fraction of sp³-hybridized carbons (Fsp3) is 0.375. The van der Waals surface area contributed by atoms with E-state index in [-0.39, 0.29) is 23.8 Å². The van der Waals surface area contributed by atoms with Crippen LogP contribution in [0, 0.1) is 18.8 Å². The smallest absolute Gasteiger partial charge is 0.457 e. The van der Waals surface area contributed by atoms with Crippen molar-refractivity contribution in [1.82, 2.24) is 0 Å². The topological polar surface area (TPSA) is 55.4 Å². The van der Waals surface area contributed by atoms with Gasteiger partial charge in [-0.25, -0.2) is 4.79 Å². The second-order valence-corrected chi connectivity index (χ2v) is 5.14. The molecule has 0 aliphatic carbocycles. The molecule has 1 N–H and O–H groups in total. The van der Waals surface area contributed by atoms with E-state index in [1.165, 1.54) is 6.07 Å². The summed E-state index contributed by atoms with van der Waals surface area (Å²) >= 11 is 0. The highest BCUT2D eigenvalue weighted by Crippen LogP contribution is 2.36. The van der Waals surface area contributed by atoms with Gasteiger partial charge in [-0.1, -0.05) is 5.92 Å². The standard InChI is InChI=1S/C16H14F3NO3/c1-4-5-8(2)10-6-12(20-15(22)16(17,18)19)13-11(9(10)3)7-23-14(13)21/h6,8H,7H2,1-3H3,(H,20,22). The Morgan fingerprint density at radius 1 is 1.43 bits per heavy atom. The van der Waals surface area contributed by atoms with Crippen molar-refractivity contribution in [2.45, 2.75) is 39.5 Å². The summed E-state index contributed by atoms with van der Waals surface area (Å²) in [6, 6.07) is 1.36. The highest BCUT2D eigenvalue weighted by atomic mass is 19.4. The number of hydrogen-bond acceptors (Lipinski definition) is 3. The second-order valence-electron chi connectivity index (χ2n) is 5.14. The van der Waals surface area contributed by atoms with Gasteiger partial charge in [0.15, 0.2) is 0 Å². The van der Waals surface area contributed by atoms with Crippen molar-refractivity contribution in [1.29, 1.82) is 0 Å². The maximum atomic E-state index is 12.5. The molecule has 1 heterocycles. The molecule has 0 radical (unpaired) electrons. The molecule has 1 amide bonds. The largest absolute Gasteiger partial charge is 0.471 e. The number of carbonyl (C=O) groups is 2. The molecule has 122 valence electrons. The lowest BCUT2D eigenvalue weighted by Crippen LogP contribution is -2.30. The monoisotopic (exact) mass is 325 g/mol. The number of anilines is 1. The fourth-order valence-electron chi connectivity index (χ4n) is 2.52. The average Bonchev–Trinajstić information content (AvgIpc) is 2.83. The van der Waals surface area contributed by atoms with Crippen LogP contribution in [0.25, 0.3) is 0 Å². The number of nitrogens with one attached hydrogen (secondary N) is 1. The lowest BCUT2D eigenvalue weighted by Gasteiger charge is -2.17. The minimum absolute atomic E-state index is 0.0273. The molecule has 23 heavy (non-hydrogen) atoms. The molecule has 4 nitrogen and oxygen atoms in total. The summed E-state index contributed by atoms with van der Waals surface area (Å²) in [6.45, 7) is 5.16. The Morgan fingerprint density at radius 3 is 2.65 bits per heavy atom. The molecule has 0 saturated carbocycles. The lowest BCUT2D eigenvalue weighted by molar-refractivity contribution is -0.167. The van der Waals surface area contributed by atoms with E-state index in [9.17, 15) is 22.8 Å². The van der Waals surface area contributed by atoms with Crippen LogP contribution < -0.4 is 5.32 Å². The molecule has 0 saturated heterocycles. The summed E-state index contributed by atoms with van der Waals surface area (Å²) in [4.78, 5) is 23.0. The molecular weight excluding hydrogens is 311 g/mol. The number of ether oxygens (including phenoxy) is 1. The minimum Gasteiger partial charge on any atom is -0.457 e. The Hall–Kier alpha value is -2.49. The molecule has 0 aromatic heterocycles. The predicted molar refractivity (Wildman–Crippen MR) is 76.8 cm³/mol. The predicted octanol–water partition coefficient (Wildman–Crippen LogP) is 3.29. The summed E-state index contributed by atoms with van der Waals surface area (Å²) in [5.41, 5.74) is 1.63. The highest BCUT2D eigenvalue weighted by molar-refractivity contribution is 6.05. The number of cyclic esters (lactones) is 1. The van der Waals surface area contributed by atoms with Crippen molar-refractivity contribution in [2.24, 2.45) is 0 Å². The van der Waals surface area contributed by atoms with E-state index in [0.717, 1.165) is 5.56 Å². The van der Waals surface area contributed by atoms with E-state index < -0.39 is 18.1 Å². The summed E-state index contributed by atoms with van der Waals surface area (Å²) in [7, 11) is 0. The Labute approximate surface area is 131 Å². The number of alkyl halides is 3. The molecule has 1 unspecified atom stereocenters. The van der Waals surface area contributed by atoms with Crippen LogP contribution in [-0.2, 0) is 16.1 Å². The first-order valence-corrected chi connectivity index (χ1v) is 6.80. The summed E-state index contributed by atoms with van der Waals surface area (Å²) in [6.07, 6.45) is -5.05. The maximum Gasteiger partial charge on any atom is 0.471 e. The van der Waals surface area contributed by atoms with E-state index in [0.29, 0.717) is 11.1 Å². The van der Waals surface area contributed by atoms with Crippen molar-refractivity contribution in [3.8, 4) is 11.8 Å². The van der Waals surface area contributed by atoms with Crippen LogP contribution in [0.3, 0.4) is 0 Å². The van der Waals surface area contributed by atoms with Gasteiger partial charge < -0.3 is 10.1 Å². The number of halogens is 3. The van der Waals surface area contributed by atoms with Crippen LogP contribution in [0.5, 0.6) is 0 Å². The van der Waals surface area contributed by atoms with Crippen molar-refractivity contribution >= 4 is 17.6 Å². The van der Waals surface area contributed by atoms with E-state index in [1.54, 1.807) is 26.1 Å². The van der Waals surface area contributed by atoms with Gasteiger partial charge in [-0.3, -0.25) is 4.79 Å². The molecule has 1 aromatic rings. The molecule has 1 atom stereocenters. The first kappa shape index (κ1) is 16.9. The SMILES string of the molecule is CC#CC(C)c1cc(NC(=O)C(F)(F)F)c2c(c1C)COC2=O. The van der Waals surface area contributed by atoms with Gasteiger partial charge in [0.2, 0.25) is 0 Å². The first-order chi connectivity index (χ1) is 10.7. The molecule has 0 spiro atoms. The van der Waals surface area contributed by atoms with Crippen molar-refractivity contribution in [3.05, 3.63) is 28.3 Å². The van der Waals surface area contributed by atoms with Gasteiger partial charge in [0.1, 0.15) is 6.61 Å². The van der Waals surface area contributed by atoms with Crippen molar-refractivity contribution < 1.29 is 27.5 Å². The highest BCUT2D eigenvalue weighted by Gasteiger charge is 2.40. The summed E-state index contributed by atoms with van der Waals surface area (Å²) in [5.74, 6) is 2.50. The molecule has 1 aliphatic rings. The molecule has 0 bridgehead atoms. The number of hydrogen-bond donors (Lipinski definition) is 1. The average molecular weight is 325 g/mol. The Kier molecular flexibility index (Phi) is 4.37. The van der Waals surface area contributed by atoms with Gasteiger partial charge in [0.25, 0.3) is 0 Å². The molecule has 7 heteroatoms. The van der Waals surface area contributed by atoms with Gasteiger partial charge in [0.05, 0.1) is 11.3 Å².